The van der Waals surface area contributed by atoms with Crippen molar-refractivity contribution < 1.29 is 19.0 Å². The third kappa shape index (κ3) is 4.31. The molecule has 3 aromatic rings. The fourth-order valence-corrected chi connectivity index (χ4v) is 3.03. The molecule has 2 aromatic carbocycles. The number of amides is 1. The van der Waals surface area contributed by atoms with Crippen molar-refractivity contribution in [3.63, 3.8) is 0 Å². The third-order valence-electron chi connectivity index (χ3n) is 4.51. The van der Waals surface area contributed by atoms with Gasteiger partial charge in [-0.2, -0.15) is 0 Å². The maximum absolute atomic E-state index is 12.6. The number of nitrogens with one attached hydrogen (secondary N) is 1. The van der Waals surface area contributed by atoms with Gasteiger partial charge in [0.2, 0.25) is 11.7 Å². The third-order valence-corrected chi connectivity index (χ3v) is 4.51. The Morgan fingerprint density at radius 1 is 1.07 bits per heavy atom. The van der Waals surface area contributed by atoms with Gasteiger partial charge in [0.15, 0.2) is 11.5 Å². The molecule has 8 heteroatoms. The molecule has 1 N–H and O–H groups in total. The van der Waals surface area contributed by atoms with Crippen LogP contribution in [0.15, 0.2) is 41.5 Å². The molecule has 0 aliphatic heterocycles. The minimum absolute atomic E-state index is 0.125. The lowest BCUT2D eigenvalue weighted by atomic mass is 10.1. The van der Waals surface area contributed by atoms with Gasteiger partial charge in [0, 0.05) is 6.54 Å². The summed E-state index contributed by atoms with van der Waals surface area (Å²) in [7, 11) is 4.58. The van der Waals surface area contributed by atoms with Crippen LogP contribution in [-0.2, 0) is 17.9 Å². The number of hydrogen-bond donors (Lipinski definition) is 1. The Hall–Kier alpha value is -3.55. The zero-order chi connectivity index (χ0) is 21.0. The number of aromatic nitrogens is 2. The largest absolute Gasteiger partial charge is 0.493 e. The lowest BCUT2D eigenvalue weighted by Gasteiger charge is -2.14. The topological polar surface area (TPSA) is 91.7 Å². The molecule has 0 atom stereocenters. The van der Waals surface area contributed by atoms with Crippen LogP contribution in [0.5, 0.6) is 17.2 Å². The van der Waals surface area contributed by atoms with Gasteiger partial charge in [-0.3, -0.25) is 14.2 Å². The van der Waals surface area contributed by atoms with Gasteiger partial charge in [-0.05, 0) is 36.8 Å². The van der Waals surface area contributed by atoms with Gasteiger partial charge < -0.3 is 19.5 Å². The molecule has 0 bridgehead atoms. The molecule has 1 heterocycles. The van der Waals surface area contributed by atoms with Crippen molar-refractivity contribution in [1.82, 2.24) is 14.9 Å². The normalized spacial score (nSPS) is 10.6. The number of aryl methyl sites for hydroxylation is 1. The van der Waals surface area contributed by atoms with Crippen LogP contribution in [0.4, 0.5) is 0 Å². The SMILES string of the molecule is COc1cc(CNC(=O)Cn2cnc3ccc(C)cc3c2=O)cc(OC)c1OC. The Morgan fingerprint density at radius 2 is 1.76 bits per heavy atom. The van der Waals surface area contributed by atoms with Crippen LogP contribution < -0.4 is 25.1 Å². The lowest BCUT2D eigenvalue weighted by molar-refractivity contribution is -0.121. The maximum atomic E-state index is 12.6. The number of methoxy groups -OCH3 is 3. The standard InChI is InChI=1S/C21H23N3O5/c1-13-5-6-16-15(7-13)21(26)24(12-23-16)11-19(25)22-10-14-8-17(27-2)20(29-4)18(9-14)28-3/h5-9,12H,10-11H2,1-4H3,(H,22,25). The molecule has 0 aliphatic rings. The summed E-state index contributed by atoms with van der Waals surface area (Å²) in [5.74, 6) is 1.17. The molecule has 1 aromatic heterocycles. The number of fused-ring (bicyclic) bond motifs is 1. The summed E-state index contributed by atoms with van der Waals surface area (Å²) in [6, 6.07) is 8.97. The van der Waals surface area contributed by atoms with E-state index >= 15 is 0 Å². The van der Waals surface area contributed by atoms with Crippen molar-refractivity contribution in [2.75, 3.05) is 21.3 Å². The van der Waals surface area contributed by atoms with Gasteiger partial charge in [0.1, 0.15) is 6.54 Å². The van der Waals surface area contributed by atoms with Crippen LogP contribution >= 0.6 is 0 Å². The molecule has 0 radical (unpaired) electrons. The molecule has 0 saturated carbocycles. The number of ether oxygens (including phenoxy) is 3. The summed E-state index contributed by atoms with van der Waals surface area (Å²) >= 11 is 0. The van der Waals surface area contributed by atoms with Crippen LogP contribution in [0.3, 0.4) is 0 Å². The van der Waals surface area contributed by atoms with Crippen LogP contribution in [0.2, 0.25) is 0 Å². The van der Waals surface area contributed by atoms with E-state index < -0.39 is 0 Å². The minimum Gasteiger partial charge on any atom is -0.493 e. The predicted octanol–water partition coefficient (Wildman–Crippen LogP) is 2.05. The fourth-order valence-electron chi connectivity index (χ4n) is 3.03. The molecular weight excluding hydrogens is 374 g/mol. The highest BCUT2D eigenvalue weighted by Gasteiger charge is 2.14. The van der Waals surface area contributed by atoms with Gasteiger partial charge in [-0.1, -0.05) is 11.6 Å². The Morgan fingerprint density at radius 3 is 2.38 bits per heavy atom. The van der Waals surface area contributed by atoms with Crippen LogP contribution in [0.1, 0.15) is 11.1 Å². The van der Waals surface area contributed by atoms with Gasteiger partial charge >= 0.3 is 0 Å². The first kappa shape index (κ1) is 20.2. The van der Waals surface area contributed by atoms with Crippen molar-refractivity contribution in [3.8, 4) is 17.2 Å². The summed E-state index contributed by atoms with van der Waals surface area (Å²) in [5, 5.41) is 3.29. The van der Waals surface area contributed by atoms with Crippen molar-refractivity contribution in [2.45, 2.75) is 20.0 Å². The van der Waals surface area contributed by atoms with Gasteiger partial charge in [-0.15, -0.1) is 0 Å². The van der Waals surface area contributed by atoms with Crippen molar-refractivity contribution >= 4 is 16.8 Å². The highest BCUT2D eigenvalue weighted by Crippen LogP contribution is 2.38. The smallest absolute Gasteiger partial charge is 0.261 e. The Kier molecular flexibility index (Phi) is 6.01. The van der Waals surface area contributed by atoms with Crippen molar-refractivity contribution in [3.05, 3.63) is 58.1 Å². The van der Waals surface area contributed by atoms with Crippen LogP contribution in [0.25, 0.3) is 10.9 Å². The molecular formula is C21H23N3O5. The molecule has 152 valence electrons. The quantitative estimate of drug-likeness (QED) is 0.656. The first-order chi connectivity index (χ1) is 14.0. The maximum Gasteiger partial charge on any atom is 0.261 e. The zero-order valence-corrected chi connectivity index (χ0v) is 16.8. The van der Waals surface area contributed by atoms with E-state index in [0.717, 1.165) is 11.1 Å². The summed E-state index contributed by atoms with van der Waals surface area (Å²) < 4.78 is 17.2. The van der Waals surface area contributed by atoms with E-state index in [0.29, 0.717) is 28.2 Å². The number of rotatable bonds is 7. The van der Waals surface area contributed by atoms with Crippen LogP contribution in [0, 0.1) is 6.92 Å². The van der Waals surface area contributed by atoms with E-state index in [9.17, 15) is 9.59 Å². The molecule has 1 amide bonds. The van der Waals surface area contributed by atoms with E-state index in [1.807, 2.05) is 13.0 Å². The average Bonchev–Trinajstić information content (AvgIpc) is 2.73. The summed E-state index contributed by atoms with van der Waals surface area (Å²) in [5.41, 5.74) is 2.09. The highest BCUT2D eigenvalue weighted by molar-refractivity contribution is 5.79. The summed E-state index contributed by atoms with van der Waals surface area (Å²) in [6.07, 6.45) is 1.39. The first-order valence-electron chi connectivity index (χ1n) is 8.98. The first-order valence-corrected chi connectivity index (χ1v) is 8.98. The molecule has 0 aliphatic carbocycles. The minimum atomic E-state index is -0.311. The molecule has 0 saturated heterocycles. The zero-order valence-electron chi connectivity index (χ0n) is 16.8. The van der Waals surface area contributed by atoms with E-state index in [1.54, 1.807) is 24.3 Å². The predicted molar refractivity (Wildman–Crippen MR) is 109 cm³/mol. The second-order valence-electron chi connectivity index (χ2n) is 6.51. The Labute approximate surface area is 168 Å². The number of carbonyl (C=O) groups excluding carboxylic acids is 1. The number of nitrogens with zero attached hydrogens (tertiary/aromatic N) is 2. The number of hydrogen-bond acceptors (Lipinski definition) is 6. The highest BCUT2D eigenvalue weighted by atomic mass is 16.5. The fraction of sp³-hybridized carbons (Fsp3) is 0.286. The van der Waals surface area contributed by atoms with E-state index in [1.165, 1.54) is 32.2 Å². The second kappa shape index (κ2) is 8.64. The Balaban J connectivity index is 1.74. The van der Waals surface area contributed by atoms with Gasteiger partial charge in [0.25, 0.3) is 5.56 Å². The molecule has 0 spiro atoms. The number of carbonyl (C=O) groups is 1. The molecule has 29 heavy (non-hydrogen) atoms. The second-order valence-corrected chi connectivity index (χ2v) is 6.51. The van der Waals surface area contributed by atoms with Gasteiger partial charge in [-0.25, -0.2) is 4.98 Å². The van der Waals surface area contributed by atoms with Crippen molar-refractivity contribution in [1.29, 1.82) is 0 Å². The van der Waals surface area contributed by atoms with E-state index in [2.05, 4.69) is 10.3 Å². The molecule has 3 rings (SSSR count). The summed E-state index contributed by atoms with van der Waals surface area (Å²) in [6.45, 7) is 2.02. The molecule has 8 nitrogen and oxygen atoms in total. The van der Waals surface area contributed by atoms with Crippen LogP contribution in [-0.4, -0.2) is 36.8 Å². The van der Waals surface area contributed by atoms with Gasteiger partial charge in [0.05, 0.1) is 38.6 Å². The van der Waals surface area contributed by atoms with Crippen molar-refractivity contribution in [2.24, 2.45) is 0 Å². The number of benzene rings is 2. The summed E-state index contributed by atoms with van der Waals surface area (Å²) in [4.78, 5) is 29.3. The lowest BCUT2D eigenvalue weighted by Crippen LogP contribution is -2.32. The Bertz CT molecular complexity index is 1080. The van der Waals surface area contributed by atoms with E-state index in [4.69, 9.17) is 14.2 Å². The molecule has 0 fully saturated rings. The molecule has 0 unspecified atom stereocenters. The monoisotopic (exact) mass is 397 g/mol. The van der Waals surface area contributed by atoms with E-state index in [-0.39, 0.29) is 24.6 Å². The average molecular weight is 397 g/mol.